The first-order valence-corrected chi connectivity index (χ1v) is 10.9. The van der Waals surface area contributed by atoms with Gasteiger partial charge in [-0.25, -0.2) is 8.42 Å². The van der Waals surface area contributed by atoms with Crippen molar-refractivity contribution < 1.29 is 28.0 Å². The second kappa shape index (κ2) is 8.57. The normalized spacial score (nSPS) is 15.4. The Bertz CT molecular complexity index is 1070. The van der Waals surface area contributed by atoms with E-state index in [9.17, 15) is 28.4 Å². The van der Waals surface area contributed by atoms with E-state index >= 15 is 0 Å². The molecule has 0 spiro atoms. The van der Waals surface area contributed by atoms with Gasteiger partial charge in [-0.1, -0.05) is 6.07 Å². The van der Waals surface area contributed by atoms with Crippen LogP contribution in [-0.2, 0) is 16.4 Å². The van der Waals surface area contributed by atoms with Crippen LogP contribution in [0.1, 0.15) is 15.9 Å². The Morgan fingerprint density at radius 2 is 1.93 bits per heavy atom. The fourth-order valence-corrected chi connectivity index (χ4v) is 4.37. The molecule has 2 aromatic carbocycles. The lowest BCUT2D eigenvalue weighted by molar-refractivity contribution is -0.384. The van der Waals surface area contributed by atoms with Crippen molar-refractivity contribution in [3.63, 3.8) is 0 Å². The zero-order chi connectivity index (χ0) is 21.9. The quantitative estimate of drug-likeness (QED) is 0.514. The number of amides is 1. The van der Waals surface area contributed by atoms with Gasteiger partial charge in [0.25, 0.3) is 11.6 Å². The number of hydrogen-bond acceptors (Lipinski definition) is 8. The number of carbonyl (C=O) groups is 1. The number of nitro groups is 1. The Morgan fingerprint density at radius 1 is 1.23 bits per heavy atom. The largest absolute Gasteiger partial charge is 0.504 e. The van der Waals surface area contributed by atoms with Gasteiger partial charge in [-0.15, -0.1) is 0 Å². The Hall–Kier alpha value is -3.34. The second-order valence-corrected chi connectivity index (χ2v) is 9.09. The molecule has 1 fully saturated rings. The number of benzene rings is 2. The molecule has 0 unspecified atom stereocenters. The standard InChI is InChI=1S/C19H21N3O7S/c1-29-18-5-2-13(10-17(18)23)12-20-19(24)15-11-14(22(25)26)3-4-16(15)21-6-8-30(27,28)9-7-21/h2-5,10-11,23H,6-9,12H2,1H3,(H,20,24). The van der Waals surface area contributed by atoms with Crippen molar-refractivity contribution in [1.29, 1.82) is 0 Å². The molecule has 1 heterocycles. The van der Waals surface area contributed by atoms with Crippen LogP contribution in [0.15, 0.2) is 36.4 Å². The van der Waals surface area contributed by atoms with Gasteiger partial charge < -0.3 is 20.1 Å². The van der Waals surface area contributed by atoms with Gasteiger partial charge in [-0.05, 0) is 23.8 Å². The molecule has 30 heavy (non-hydrogen) atoms. The van der Waals surface area contributed by atoms with E-state index < -0.39 is 20.7 Å². The van der Waals surface area contributed by atoms with E-state index in [1.54, 1.807) is 17.0 Å². The summed E-state index contributed by atoms with van der Waals surface area (Å²) in [5.74, 6) is -0.412. The highest BCUT2D eigenvalue weighted by atomic mass is 32.2. The Balaban J connectivity index is 1.83. The summed E-state index contributed by atoms with van der Waals surface area (Å²) in [7, 11) is -1.70. The van der Waals surface area contributed by atoms with Crippen molar-refractivity contribution in [3.05, 3.63) is 57.6 Å². The first kappa shape index (κ1) is 21.4. The lowest BCUT2D eigenvalue weighted by atomic mass is 10.1. The monoisotopic (exact) mass is 435 g/mol. The highest BCUT2D eigenvalue weighted by Gasteiger charge is 2.26. The number of rotatable bonds is 6. The Kier molecular flexibility index (Phi) is 6.11. The molecule has 3 rings (SSSR count). The van der Waals surface area contributed by atoms with E-state index in [4.69, 9.17) is 4.74 Å². The van der Waals surface area contributed by atoms with Crippen LogP contribution in [0.3, 0.4) is 0 Å². The van der Waals surface area contributed by atoms with Crippen molar-refractivity contribution in [2.45, 2.75) is 6.54 Å². The summed E-state index contributed by atoms with van der Waals surface area (Å²) in [6, 6.07) is 8.61. The average molecular weight is 435 g/mol. The number of ether oxygens (including phenoxy) is 1. The third kappa shape index (κ3) is 4.79. The Morgan fingerprint density at radius 3 is 2.53 bits per heavy atom. The SMILES string of the molecule is COc1ccc(CNC(=O)c2cc([N+](=O)[O-])ccc2N2CCS(=O)(=O)CC2)cc1O. The summed E-state index contributed by atoms with van der Waals surface area (Å²) in [6.45, 7) is 0.479. The van der Waals surface area contributed by atoms with Crippen LogP contribution in [0.2, 0.25) is 0 Å². The molecule has 10 nitrogen and oxygen atoms in total. The maximum atomic E-state index is 12.8. The van der Waals surface area contributed by atoms with Gasteiger partial charge in [-0.3, -0.25) is 14.9 Å². The molecule has 0 radical (unpaired) electrons. The first-order chi connectivity index (χ1) is 14.2. The third-order valence-electron chi connectivity index (χ3n) is 4.82. The summed E-state index contributed by atoms with van der Waals surface area (Å²) >= 11 is 0. The molecule has 1 aliphatic heterocycles. The average Bonchev–Trinajstić information content (AvgIpc) is 2.71. The van der Waals surface area contributed by atoms with E-state index in [0.29, 0.717) is 17.0 Å². The van der Waals surface area contributed by atoms with E-state index in [0.717, 1.165) is 0 Å². The minimum atomic E-state index is -3.12. The van der Waals surface area contributed by atoms with E-state index in [-0.39, 0.29) is 48.1 Å². The minimum absolute atomic E-state index is 0.0455. The number of hydrogen-bond donors (Lipinski definition) is 2. The molecule has 0 aromatic heterocycles. The highest BCUT2D eigenvalue weighted by Crippen LogP contribution is 2.28. The fourth-order valence-electron chi connectivity index (χ4n) is 3.17. The number of phenolic OH excluding ortho intramolecular Hbond substituents is 1. The fraction of sp³-hybridized carbons (Fsp3) is 0.316. The summed E-state index contributed by atoms with van der Waals surface area (Å²) in [4.78, 5) is 25.1. The van der Waals surface area contributed by atoms with Gasteiger partial charge in [-0.2, -0.15) is 0 Å². The number of non-ortho nitro benzene ring substituents is 1. The molecular weight excluding hydrogens is 414 g/mol. The van der Waals surface area contributed by atoms with Crippen LogP contribution in [-0.4, -0.2) is 56.1 Å². The Labute approximate surface area is 173 Å². The predicted octanol–water partition coefficient (Wildman–Crippen LogP) is 1.47. The number of carbonyl (C=O) groups excluding carboxylic acids is 1. The minimum Gasteiger partial charge on any atom is -0.504 e. The van der Waals surface area contributed by atoms with Gasteiger partial charge in [0.2, 0.25) is 0 Å². The zero-order valence-electron chi connectivity index (χ0n) is 16.2. The molecule has 0 bridgehead atoms. The molecule has 0 atom stereocenters. The molecule has 2 aromatic rings. The first-order valence-electron chi connectivity index (χ1n) is 9.08. The molecule has 11 heteroatoms. The van der Waals surface area contributed by atoms with Crippen molar-refractivity contribution in [3.8, 4) is 11.5 Å². The van der Waals surface area contributed by atoms with Crippen molar-refractivity contribution in [2.24, 2.45) is 0 Å². The van der Waals surface area contributed by atoms with Gasteiger partial charge in [0.15, 0.2) is 21.3 Å². The van der Waals surface area contributed by atoms with Crippen molar-refractivity contribution >= 4 is 27.1 Å². The van der Waals surface area contributed by atoms with Crippen molar-refractivity contribution in [1.82, 2.24) is 5.32 Å². The number of methoxy groups -OCH3 is 1. The van der Waals surface area contributed by atoms with Crippen LogP contribution < -0.4 is 15.0 Å². The van der Waals surface area contributed by atoms with E-state index in [2.05, 4.69) is 5.32 Å². The van der Waals surface area contributed by atoms with Crippen LogP contribution in [0.5, 0.6) is 11.5 Å². The number of nitro benzene ring substituents is 1. The molecular formula is C19H21N3O7S. The topological polar surface area (TPSA) is 139 Å². The molecule has 1 amide bonds. The summed E-state index contributed by atoms with van der Waals surface area (Å²) in [6.07, 6.45) is 0. The molecule has 1 saturated heterocycles. The number of aromatic hydroxyl groups is 1. The lowest BCUT2D eigenvalue weighted by Gasteiger charge is -2.30. The van der Waals surface area contributed by atoms with Gasteiger partial charge >= 0.3 is 0 Å². The number of phenols is 1. The maximum absolute atomic E-state index is 12.8. The van der Waals surface area contributed by atoms with Gasteiger partial charge in [0, 0.05) is 31.8 Å². The van der Waals surface area contributed by atoms with E-state index in [1.165, 1.54) is 31.4 Å². The van der Waals surface area contributed by atoms with Crippen molar-refractivity contribution in [2.75, 3.05) is 36.6 Å². The maximum Gasteiger partial charge on any atom is 0.270 e. The second-order valence-electron chi connectivity index (χ2n) is 6.79. The molecule has 2 N–H and O–H groups in total. The van der Waals surface area contributed by atoms with E-state index in [1.807, 2.05) is 0 Å². The number of nitrogens with zero attached hydrogens (tertiary/aromatic N) is 2. The number of sulfone groups is 1. The predicted molar refractivity (Wildman–Crippen MR) is 110 cm³/mol. The smallest absolute Gasteiger partial charge is 0.270 e. The summed E-state index contributed by atoms with van der Waals surface area (Å²) < 4.78 is 28.4. The molecule has 1 aliphatic rings. The van der Waals surface area contributed by atoms with Crippen LogP contribution in [0.25, 0.3) is 0 Å². The third-order valence-corrected chi connectivity index (χ3v) is 6.43. The number of anilines is 1. The van der Waals surface area contributed by atoms with Crippen LogP contribution >= 0.6 is 0 Å². The number of nitrogens with one attached hydrogen (secondary N) is 1. The lowest BCUT2D eigenvalue weighted by Crippen LogP contribution is -2.41. The molecule has 0 aliphatic carbocycles. The zero-order valence-corrected chi connectivity index (χ0v) is 17.0. The molecule has 0 saturated carbocycles. The summed E-state index contributed by atoms with van der Waals surface area (Å²) in [5, 5.41) is 23.7. The van der Waals surface area contributed by atoms with Crippen LogP contribution in [0.4, 0.5) is 11.4 Å². The van der Waals surface area contributed by atoms with Crippen LogP contribution in [0, 0.1) is 10.1 Å². The van der Waals surface area contributed by atoms with Gasteiger partial charge in [0.05, 0.1) is 34.8 Å². The summed E-state index contributed by atoms with van der Waals surface area (Å²) in [5.41, 5.74) is 0.889. The molecule has 160 valence electrons. The van der Waals surface area contributed by atoms with Gasteiger partial charge in [0.1, 0.15) is 0 Å². The highest BCUT2D eigenvalue weighted by molar-refractivity contribution is 7.91.